The van der Waals surface area contributed by atoms with Crippen molar-refractivity contribution in [3.05, 3.63) is 17.5 Å². The summed E-state index contributed by atoms with van der Waals surface area (Å²) in [6.45, 7) is 7.10. The number of hydrogen-bond donors (Lipinski definition) is 0. The second kappa shape index (κ2) is 5.56. The maximum atomic E-state index is 12.5. The minimum Gasteiger partial charge on any atom is -0.381 e. The standard InChI is InChI=1S/C15H23N3O2/c1-11-8-12(2)18(16-11)14-4-3-6-17(9-14)15(19)13-5-7-20-10-13/h8,13-14H,3-7,9-10H2,1-2H3. The maximum absolute atomic E-state index is 12.5. The maximum Gasteiger partial charge on any atom is 0.228 e. The van der Waals surface area contributed by atoms with Crippen LogP contribution in [0.1, 0.15) is 36.7 Å². The molecule has 2 saturated heterocycles. The molecule has 5 heteroatoms. The molecule has 110 valence electrons. The van der Waals surface area contributed by atoms with E-state index in [0.29, 0.717) is 12.6 Å². The van der Waals surface area contributed by atoms with Gasteiger partial charge in [0, 0.05) is 25.4 Å². The number of ether oxygens (including phenoxy) is 1. The first-order chi connectivity index (χ1) is 9.65. The van der Waals surface area contributed by atoms with Crippen LogP contribution in [0.15, 0.2) is 6.07 Å². The van der Waals surface area contributed by atoms with E-state index in [9.17, 15) is 4.79 Å². The lowest BCUT2D eigenvalue weighted by molar-refractivity contribution is -0.137. The van der Waals surface area contributed by atoms with Crippen molar-refractivity contribution in [1.29, 1.82) is 0 Å². The summed E-state index contributed by atoms with van der Waals surface area (Å²) >= 11 is 0. The van der Waals surface area contributed by atoms with E-state index >= 15 is 0 Å². The van der Waals surface area contributed by atoms with E-state index in [0.717, 1.165) is 44.7 Å². The fourth-order valence-corrected chi connectivity index (χ4v) is 3.36. The van der Waals surface area contributed by atoms with E-state index in [1.165, 1.54) is 5.69 Å². The Kier molecular flexibility index (Phi) is 3.78. The van der Waals surface area contributed by atoms with Crippen LogP contribution in [-0.4, -0.2) is 46.9 Å². The highest BCUT2D eigenvalue weighted by Gasteiger charge is 2.32. The Morgan fingerprint density at radius 1 is 1.40 bits per heavy atom. The van der Waals surface area contributed by atoms with Gasteiger partial charge in [0.15, 0.2) is 0 Å². The van der Waals surface area contributed by atoms with Crippen LogP contribution in [-0.2, 0) is 9.53 Å². The number of carbonyl (C=O) groups is 1. The van der Waals surface area contributed by atoms with E-state index in [-0.39, 0.29) is 11.8 Å². The van der Waals surface area contributed by atoms with E-state index in [4.69, 9.17) is 4.74 Å². The van der Waals surface area contributed by atoms with Crippen molar-refractivity contribution in [2.24, 2.45) is 5.92 Å². The molecule has 3 rings (SSSR count). The summed E-state index contributed by atoms with van der Waals surface area (Å²) < 4.78 is 7.44. The average Bonchev–Trinajstić information content (AvgIpc) is 3.08. The Labute approximate surface area is 119 Å². The SMILES string of the molecule is Cc1cc(C)n(C2CCCN(C(=O)C3CCOC3)C2)n1. The van der Waals surface area contributed by atoms with Crippen LogP contribution in [0.5, 0.6) is 0 Å². The zero-order chi connectivity index (χ0) is 14.1. The Morgan fingerprint density at radius 2 is 2.25 bits per heavy atom. The molecule has 2 unspecified atom stereocenters. The summed E-state index contributed by atoms with van der Waals surface area (Å²) in [4.78, 5) is 14.5. The van der Waals surface area contributed by atoms with Crippen LogP contribution >= 0.6 is 0 Å². The van der Waals surface area contributed by atoms with Gasteiger partial charge in [-0.15, -0.1) is 0 Å². The molecule has 2 aliphatic heterocycles. The lowest BCUT2D eigenvalue weighted by Gasteiger charge is -2.34. The van der Waals surface area contributed by atoms with Gasteiger partial charge in [0.1, 0.15) is 0 Å². The van der Waals surface area contributed by atoms with Crippen molar-refractivity contribution in [3.63, 3.8) is 0 Å². The van der Waals surface area contributed by atoms with Gasteiger partial charge in [0.25, 0.3) is 0 Å². The fraction of sp³-hybridized carbons (Fsp3) is 0.733. The highest BCUT2D eigenvalue weighted by atomic mass is 16.5. The summed E-state index contributed by atoms with van der Waals surface area (Å²) in [7, 11) is 0. The first-order valence-corrected chi connectivity index (χ1v) is 7.54. The van der Waals surface area contributed by atoms with E-state index in [1.807, 2.05) is 11.8 Å². The zero-order valence-corrected chi connectivity index (χ0v) is 12.3. The van der Waals surface area contributed by atoms with Gasteiger partial charge in [-0.2, -0.15) is 5.10 Å². The quantitative estimate of drug-likeness (QED) is 0.826. The van der Waals surface area contributed by atoms with Gasteiger partial charge in [0.05, 0.1) is 24.3 Å². The second-order valence-corrected chi connectivity index (χ2v) is 6.01. The van der Waals surface area contributed by atoms with E-state index < -0.39 is 0 Å². The van der Waals surface area contributed by atoms with Crippen molar-refractivity contribution in [2.45, 2.75) is 39.2 Å². The average molecular weight is 277 g/mol. The van der Waals surface area contributed by atoms with Crippen molar-refractivity contribution in [3.8, 4) is 0 Å². The topological polar surface area (TPSA) is 47.4 Å². The number of rotatable bonds is 2. The molecule has 3 heterocycles. The highest BCUT2D eigenvalue weighted by Crippen LogP contribution is 2.25. The fourth-order valence-electron chi connectivity index (χ4n) is 3.36. The number of piperidine rings is 1. The van der Waals surface area contributed by atoms with Crippen LogP contribution in [0.2, 0.25) is 0 Å². The normalized spacial score (nSPS) is 27.0. The molecule has 0 aromatic carbocycles. The van der Waals surface area contributed by atoms with E-state index in [1.54, 1.807) is 0 Å². The number of hydrogen-bond acceptors (Lipinski definition) is 3. The van der Waals surface area contributed by atoms with Gasteiger partial charge < -0.3 is 9.64 Å². The molecular weight excluding hydrogens is 254 g/mol. The molecule has 0 radical (unpaired) electrons. The van der Waals surface area contributed by atoms with Crippen LogP contribution in [0.4, 0.5) is 0 Å². The third kappa shape index (κ3) is 2.59. The van der Waals surface area contributed by atoms with Crippen molar-refractivity contribution in [2.75, 3.05) is 26.3 Å². The Hall–Kier alpha value is -1.36. The molecule has 1 amide bonds. The highest BCUT2D eigenvalue weighted by molar-refractivity contribution is 5.79. The molecule has 2 aliphatic rings. The number of nitrogens with zero attached hydrogens (tertiary/aromatic N) is 3. The predicted octanol–water partition coefficient (Wildman–Crippen LogP) is 1.70. The Balaban J connectivity index is 1.70. The van der Waals surface area contributed by atoms with Gasteiger partial charge in [-0.05, 0) is 39.2 Å². The van der Waals surface area contributed by atoms with Gasteiger partial charge >= 0.3 is 0 Å². The van der Waals surface area contributed by atoms with Crippen molar-refractivity contribution >= 4 is 5.91 Å². The third-order valence-electron chi connectivity index (χ3n) is 4.38. The molecule has 0 spiro atoms. The molecule has 1 aromatic heterocycles. The molecule has 2 atom stereocenters. The smallest absolute Gasteiger partial charge is 0.228 e. The summed E-state index contributed by atoms with van der Waals surface area (Å²) in [6.07, 6.45) is 3.04. The van der Waals surface area contributed by atoms with Gasteiger partial charge in [-0.1, -0.05) is 0 Å². The lowest BCUT2D eigenvalue weighted by Crippen LogP contribution is -2.44. The molecule has 5 nitrogen and oxygen atoms in total. The van der Waals surface area contributed by atoms with E-state index in [2.05, 4.69) is 22.8 Å². The lowest BCUT2D eigenvalue weighted by atomic mass is 10.0. The number of aryl methyl sites for hydroxylation is 2. The summed E-state index contributed by atoms with van der Waals surface area (Å²) in [5, 5.41) is 4.58. The van der Waals surface area contributed by atoms with Crippen molar-refractivity contribution in [1.82, 2.24) is 14.7 Å². The van der Waals surface area contributed by atoms with Crippen LogP contribution in [0, 0.1) is 19.8 Å². The van der Waals surface area contributed by atoms with Crippen LogP contribution in [0.3, 0.4) is 0 Å². The number of aromatic nitrogens is 2. The summed E-state index contributed by atoms with van der Waals surface area (Å²) in [5.41, 5.74) is 2.24. The molecule has 1 aromatic rings. The molecule has 0 aliphatic carbocycles. The molecule has 20 heavy (non-hydrogen) atoms. The molecule has 0 saturated carbocycles. The molecule has 0 bridgehead atoms. The van der Waals surface area contributed by atoms with Crippen molar-refractivity contribution < 1.29 is 9.53 Å². The van der Waals surface area contributed by atoms with Gasteiger partial charge in [-0.25, -0.2) is 0 Å². The Morgan fingerprint density at radius 3 is 2.90 bits per heavy atom. The zero-order valence-electron chi connectivity index (χ0n) is 12.3. The summed E-state index contributed by atoms with van der Waals surface area (Å²) in [5.74, 6) is 0.350. The first kappa shape index (κ1) is 13.6. The Bertz CT molecular complexity index is 491. The second-order valence-electron chi connectivity index (χ2n) is 6.01. The minimum atomic E-state index is 0.0780. The van der Waals surface area contributed by atoms with Gasteiger partial charge in [0.2, 0.25) is 5.91 Å². The molecule has 2 fully saturated rings. The first-order valence-electron chi connectivity index (χ1n) is 7.54. The number of amides is 1. The van der Waals surface area contributed by atoms with Gasteiger partial charge in [-0.3, -0.25) is 9.48 Å². The largest absolute Gasteiger partial charge is 0.381 e. The monoisotopic (exact) mass is 277 g/mol. The minimum absolute atomic E-state index is 0.0780. The molecular formula is C15H23N3O2. The van der Waals surface area contributed by atoms with Crippen LogP contribution < -0.4 is 0 Å². The third-order valence-corrected chi connectivity index (χ3v) is 4.38. The van der Waals surface area contributed by atoms with Crippen LogP contribution in [0.25, 0.3) is 0 Å². The summed E-state index contributed by atoms with van der Waals surface area (Å²) in [6, 6.07) is 2.43. The number of likely N-dealkylation sites (tertiary alicyclic amines) is 1. The predicted molar refractivity (Wildman–Crippen MR) is 75.5 cm³/mol. The number of carbonyl (C=O) groups excluding carboxylic acids is 1. The molecule has 0 N–H and O–H groups in total.